The smallest absolute Gasteiger partial charge is 0.183 e. The van der Waals surface area contributed by atoms with Crippen molar-refractivity contribution in [1.82, 2.24) is 4.98 Å². The molecular weight excluding hydrogens is 201 g/mol. The Hall–Kier alpha value is -1.20. The van der Waals surface area contributed by atoms with E-state index in [2.05, 4.69) is 10.3 Å². The van der Waals surface area contributed by atoms with Gasteiger partial charge < -0.3 is 11.1 Å². The third-order valence-corrected chi connectivity index (χ3v) is 2.77. The number of fused-ring (bicyclic) bond motifs is 1. The molecule has 0 aliphatic carbocycles. The zero-order valence-corrected chi connectivity index (χ0v) is 8.27. The van der Waals surface area contributed by atoms with Gasteiger partial charge in [0.1, 0.15) is 11.3 Å². The van der Waals surface area contributed by atoms with Crippen molar-refractivity contribution in [2.45, 2.75) is 0 Å². The van der Waals surface area contributed by atoms with Crippen LogP contribution >= 0.6 is 11.3 Å². The van der Waals surface area contributed by atoms with Crippen LogP contribution in [-0.2, 0) is 0 Å². The molecule has 14 heavy (non-hydrogen) atoms. The highest BCUT2D eigenvalue weighted by Crippen LogP contribution is 2.27. The highest BCUT2D eigenvalue weighted by Gasteiger charge is 2.06. The maximum atomic E-state index is 13.2. The Kier molecular flexibility index (Phi) is 2.60. The Bertz CT molecular complexity index is 441. The average Bonchev–Trinajstić information content (AvgIpc) is 2.59. The monoisotopic (exact) mass is 211 g/mol. The molecule has 0 bridgehead atoms. The lowest BCUT2D eigenvalue weighted by atomic mass is 10.3. The molecule has 0 saturated carbocycles. The van der Waals surface area contributed by atoms with E-state index in [1.165, 1.54) is 17.4 Å². The first-order valence-electron chi connectivity index (χ1n) is 4.30. The minimum Gasteiger partial charge on any atom is -0.360 e. The molecule has 74 valence electrons. The summed E-state index contributed by atoms with van der Waals surface area (Å²) in [6, 6.07) is 4.95. The summed E-state index contributed by atoms with van der Waals surface area (Å²) in [6.07, 6.45) is 0. The summed E-state index contributed by atoms with van der Waals surface area (Å²) in [5, 5.41) is 3.74. The highest BCUT2D eigenvalue weighted by molar-refractivity contribution is 7.22. The predicted octanol–water partition coefficient (Wildman–Crippen LogP) is 1.81. The summed E-state index contributed by atoms with van der Waals surface area (Å²) in [7, 11) is 0. The molecule has 5 heteroatoms. The molecule has 2 aromatic rings. The number of nitrogens with two attached hydrogens (primary N) is 1. The number of para-hydroxylation sites is 1. The van der Waals surface area contributed by atoms with Crippen molar-refractivity contribution >= 4 is 26.7 Å². The molecule has 0 atom stereocenters. The second-order valence-corrected chi connectivity index (χ2v) is 3.85. The van der Waals surface area contributed by atoms with Crippen LogP contribution in [0.1, 0.15) is 0 Å². The fourth-order valence-corrected chi connectivity index (χ4v) is 2.08. The Labute approximate surface area is 84.8 Å². The van der Waals surface area contributed by atoms with Gasteiger partial charge in [0.15, 0.2) is 5.13 Å². The molecular formula is C9H10FN3S. The van der Waals surface area contributed by atoms with Crippen LogP contribution in [-0.4, -0.2) is 18.1 Å². The molecule has 0 spiro atoms. The number of aromatic nitrogens is 1. The van der Waals surface area contributed by atoms with Gasteiger partial charge in [-0.1, -0.05) is 17.4 Å². The minimum atomic E-state index is -0.278. The van der Waals surface area contributed by atoms with Gasteiger partial charge in [-0.2, -0.15) is 0 Å². The summed E-state index contributed by atoms with van der Waals surface area (Å²) in [4.78, 5) is 4.13. The second kappa shape index (κ2) is 3.89. The van der Waals surface area contributed by atoms with Gasteiger partial charge in [0.05, 0.1) is 4.70 Å². The van der Waals surface area contributed by atoms with Gasteiger partial charge in [0.25, 0.3) is 0 Å². The molecule has 0 aliphatic heterocycles. The molecule has 2 rings (SSSR count). The number of hydrogen-bond acceptors (Lipinski definition) is 4. The third kappa shape index (κ3) is 1.69. The minimum absolute atomic E-state index is 0.278. The van der Waals surface area contributed by atoms with Crippen LogP contribution in [0.15, 0.2) is 18.2 Å². The Morgan fingerprint density at radius 3 is 3.07 bits per heavy atom. The van der Waals surface area contributed by atoms with Gasteiger partial charge in [-0.15, -0.1) is 0 Å². The van der Waals surface area contributed by atoms with E-state index in [1.54, 1.807) is 6.07 Å². The first-order valence-corrected chi connectivity index (χ1v) is 5.12. The van der Waals surface area contributed by atoms with Crippen LogP contribution in [0.5, 0.6) is 0 Å². The standard InChI is InChI=1S/C9H10FN3S/c10-6-2-1-3-7-8(6)13-9(14-7)12-5-4-11/h1-3H,4-5,11H2,(H,12,13). The van der Waals surface area contributed by atoms with E-state index in [4.69, 9.17) is 5.73 Å². The molecule has 3 nitrogen and oxygen atoms in total. The summed E-state index contributed by atoms with van der Waals surface area (Å²) < 4.78 is 14.1. The van der Waals surface area contributed by atoms with E-state index < -0.39 is 0 Å². The molecule has 0 unspecified atom stereocenters. The molecule has 3 N–H and O–H groups in total. The maximum absolute atomic E-state index is 13.2. The van der Waals surface area contributed by atoms with Gasteiger partial charge >= 0.3 is 0 Å². The number of benzene rings is 1. The van der Waals surface area contributed by atoms with E-state index in [9.17, 15) is 4.39 Å². The predicted molar refractivity (Wildman–Crippen MR) is 57.1 cm³/mol. The lowest BCUT2D eigenvalue weighted by molar-refractivity contribution is 0.637. The van der Waals surface area contributed by atoms with E-state index in [-0.39, 0.29) is 5.82 Å². The van der Waals surface area contributed by atoms with Crippen molar-refractivity contribution in [3.63, 3.8) is 0 Å². The molecule has 0 radical (unpaired) electrons. The number of halogens is 1. The van der Waals surface area contributed by atoms with Crippen molar-refractivity contribution in [2.24, 2.45) is 5.73 Å². The summed E-state index contributed by atoms with van der Waals surface area (Å²) in [5.74, 6) is -0.278. The van der Waals surface area contributed by atoms with E-state index in [0.717, 1.165) is 9.83 Å². The number of thiazole rings is 1. The van der Waals surface area contributed by atoms with E-state index >= 15 is 0 Å². The van der Waals surface area contributed by atoms with Gasteiger partial charge in [0.2, 0.25) is 0 Å². The van der Waals surface area contributed by atoms with E-state index in [0.29, 0.717) is 18.6 Å². The molecule has 1 aromatic heterocycles. The summed E-state index contributed by atoms with van der Waals surface area (Å²) in [5.41, 5.74) is 5.77. The zero-order valence-electron chi connectivity index (χ0n) is 7.46. The van der Waals surface area contributed by atoms with Crippen LogP contribution in [0.4, 0.5) is 9.52 Å². The fourth-order valence-electron chi connectivity index (χ4n) is 1.17. The Morgan fingerprint density at radius 1 is 1.50 bits per heavy atom. The van der Waals surface area contributed by atoms with Gasteiger partial charge in [-0.25, -0.2) is 9.37 Å². The third-order valence-electron chi connectivity index (χ3n) is 1.79. The average molecular weight is 211 g/mol. The molecule has 0 aliphatic rings. The Balaban J connectivity index is 2.36. The van der Waals surface area contributed by atoms with Crippen LogP contribution in [0, 0.1) is 5.82 Å². The lowest BCUT2D eigenvalue weighted by Crippen LogP contribution is -2.12. The maximum Gasteiger partial charge on any atom is 0.183 e. The quantitative estimate of drug-likeness (QED) is 0.814. The van der Waals surface area contributed by atoms with Crippen LogP contribution < -0.4 is 11.1 Å². The number of anilines is 1. The topological polar surface area (TPSA) is 50.9 Å². The zero-order chi connectivity index (χ0) is 9.97. The van der Waals surface area contributed by atoms with Gasteiger partial charge in [-0.3, -0.25) is 0 Å². The van der Waals surface area contributed by atoms with Crippen molar-refractivity contribution < 1.29 is 4.39 Å². The first kappa shape index (κ1) is 9.36. The molecule has 0 saturated heterocycles. The lowest BCUT2D eigenvalue weighted by Gasteiger charge is -1.96. The molecule has 1 aromatic carbocycles. The SMILES string of the molecule is NCCNc1nc2c(F)cccc2s1. The number of rotatable bonds is 3. The van der Waals surface area contributed by atoms with Gasteiger partial charge in [-0.05, 0) is 12.1 Å². The van der Waals surface area contributed by atoms with Gasteiger partial charge in [0, 0.05) is 13.1 Å². The van der Waals surface area contributed by atoms with Crippen molar-refractivity contribution in [3.05, 3.63) is 24.0 Å². The Morgan fingerprint density at radius 2 is 2.36 bits per heavy atom. The van der Waals surface area contributed by atoms with Crippen LogP contribution in [0.2, 0.25) is 0 Å². The number of nitrogens with zero attached hydrogens (tertiary/aromatic N) is 1. The van der Waals surface area contributed by atoms with Crippen LogP contribution in [0.25, 0.3) is 10.2 Å². The summed E-state index contributed by atoms with van der Waals surface area (Å²) in [6.45, 7) is 1.19. The highest BCUT2D eigenvalue weighted by atomic mass is 32.1. The van der Waals surface area contributed by atoms with Crippen molar-refractivity contribution in [2.75, 3.05) is 18.4 Å². The van der Waals surface area contributed by atoms with Crippen molar-refractivity contribution in [3.8, 4) is 0 Å². The fraction of sp³-hybridized carbons (Fsp3) is 0.222. The van der Waals surface area contributed by atoms with Crippen LogP contribution in [0.3, 0.4) is 0 Å². The normalized spacial score (nSPS) is 10.7. The molecule has 0 amide bonds. The number of hydrogen-bond donors (Lipinski definition) is 2. The number of nitrogens with one attached hydrogen (secondary N) is 1. The van der Waals surface area contributed by atoms with E-state index in [1.807, 2.05) is 6.07 Å². The summed E-state index contributed by atoms with van der Waals surface area (Å²) >= 11 is 1.43. The molecule has 0 fully saturated rings. The van der Waals surface area contributed by atoms with Crippen molar-refractivity contribution in [1.29, 1.82) is 0 Å². The first-order chi connectivity index (χ1) is 6.81. The second-order valence-electron chi connectivity index (χ2n) is 2.82. The largest absolute Gasteiger partial charge is 0.360 e. The molecule has 1 heterocycles.